The highest BCUT2D eigenvalue weighted by atomic mass is 31.2. The van der Waals surface area contributed by atoms with E-state index < -0.39 is 13.4 Å². The Morgan fingerprint density at radius 1 is 1.82 bits per heavy atom. The van der Waals surface area contributed by atoms with Crippen LogP contribution in [-0.4, -0.2) is 21.9 Å². The summed E-state index contributed by atoms with van der Waals surface area (Å²) in [7, 11) is -4.10. The summed E-state index contributed by atoms with van der Waals surface area (Å²) in [5.74, 6) is 3.84. The molecule has 6 nitrogen and oxygen atoms in total. The fourth-order valence-electron chi connectivity index (χ4n) is 0.559. The Balaban J connectivity index is 4.18. The van der Waals surface area contributed by atoms with E-state index in [1.165, 1.54) is 0 Å². The van der Waals surface area contributed by atoms with Crippen molar-refractivity contribution >= 4 is 13.9 Å². The Bertz CT molecular complexity index is 177. The number of hydrazine groups is 1. The Hall–Kier alpha value is -0.420. The predicted octanol–water partition coefficient (Wildman–Crippen LogP) is -0.608. The van der Waals surface area contributed by atoms with Gasteiger partial charge in [0.1, 0.15) is 0 Å². The quantitative estimate of drug-likeness (QED) is 0.152. The van der Waals surface area contributed by atoms with Crippen LogP contribution in [0.25, 0.3) is 0 Å². The summed E-state index contributed by atoms with van der Waals surface area (Å²) in [5, 5.41) is 0. The second kappa shape index (κ2) is 4.46. The lowest BCUT2D eigenvalue weighted by molar-refractivity contribution is 0.357. The fraction of sp³-hybridized carbons (Fsp3) is 0.750. The first-order valence-corrected chi connectivity index (χ1v) is 4.73. The van der Waals surface area contributed by atoms with Crippen molar-refractivity contribution in [1.29, 1.82) is 0 Å². The molecule has 66 valence electrons. The van der Waals surface area contributed by atoms with Gasteiger partial charge in [-0.1, -0.05) is 6.92 Å². The number of nitrogens with one attached hydrogen (secondary N) is 1. The number of aliphatic imine (C=N–C) groups is 1. The van der Waals surface area contributed by atoms with Gasteiger partial charge in [-0.2, -0.15) is 0 Å². The van der Waals surface area contributed by atoms with Crippen molar-refractivity contribution in [1.82, 2.24) is 5.43 Å². The van der Waals surface area contributed by atoms with Gasteiger partial charge < -0.3 is 15.2 Å². The van der Waals surface area contributed by atoms with Crippen LogP contribution in [0.3, 0.4) is 0 Å². The third kappa shape index (κ3) is 4.10. The lowest BCUT2D eigenvalue weighted by Gasteiger charge is -2.10. The Morgan fingerprint density at radius 2 is 2.36 bits per heavy atom. The number of nitrogens with zero attached hydrogens (tertiary/aromatic N) is 1. The highest BCUT2D eigenvalue weighted by molar-refractivity contribution is 7.52. The van der Waals surface area contributed by atoms with Crippen LogP contribution in [-0.2, 0) is 4.57 Å². The van der Waals surface area contributed by atoms with E-state index in [4.69, 9.17) is 15.6 Å². The van der Waals surface area contributed by atoms with Crippen LogP contribution in [0, 0.1) is 0 Å². The van der Waals surface area contributed by atoms with Crippen molar-refractivity contribution in [3.63, 3.8) is 0 Å². The molecule has 1 unspecified atom stereocenters. The van der Waals surface area contributed by atoms with E-state index in [-0.39, 0.29) is 6.42 Å². The van der Waals surface area contributed by atoms with Crippen LogP contribution >= 0.6 is 7.60 Å². The van der Waals surface area contributed by atoms with Crippen LogP contribution in [0.1, 0.15) is 13.3 Å². The molecule has 0 fully saturated rings. The first-order chi connectivity index (χ1) is 5.02. The zero-order chi connectivity index (χ0) is 8.91. The van der Waals surface area contributed by atoms with Crippen molar-refractivity contribution in [3.8, 4) is 0 Å². The van der Waals surface area contributed by atoms with Gasteiger partial charge in [-0.3, -0.25) is 9.56 Å². The average Bonchev–Trinajstić information content (AvgIpc) is 1.87. The topological polar surface area (TPSA) is 108 Å². The van der Waals surface area contributed by atoms with Gasteiger partial charge in [0, 0.05) is 0 Å². The third-order valence-electron chi connectivity index (χ3n) is 1.07. The van der Waals surface area contributed by atoms with Gasteiger partial charge in [0.25, 0.3) is 0 Å². The minimum Gasteiger partial charge on any atom is -0.323 e. The van der Waals surface area contributed by atoms with Gasteiger partial charge >= 0.3 is 7.60 Å². The van der Waals surface area contributed by atoms with Crippen LogP contribution in [0.15, 0.2) is 4.99 Å². The largest absolute Gasteiger partial charge is 0.349 e. The Kier molecular flexibility index (Phi) is 4.29. The lowest BCUT2D eigenvalue weighted by atomic mass is 10.5. The van der Waals surface area contributed by atoms with E-state index in [2.05, 4.69) is 10.4 Å². The highest BCUT2D eigenvalue weighted by Crippen LogP contribution is 2.43. The molecule has 5 N–H and O–H groups in total. The van der Waals surface area contributed by atoms with Crippen molar-refractivity contribution in [2.45, 2.75) is 19.1 Å². The summed E-state index contributed by atoms with van der Waals surface area (Å²) in [6.07, 6.45) is 1.34. The minimum absolute atomic E-state index is 0.280. The van der Waals surface area contributed by atoms with Crippen molar-refractivity contribution < 1.29 is 14.4 Å². The SMILES string of the molecule is CCC(N=CNN)P(=O)(O)O. The van der Waals surface area contributed by atoms with Crippen molar-refractivity contribution in [2.24, 2.45) is 10.8 Å². The molecule has 1 atom stereocenters. The molecule has 0 saturated carbocycles. The van der Waals surface area contributed by atoms with E-state index in [1.807, 2.05) is 0 Å². The fourth-order valence-corrected chi connectivity index (χ4v) is 1.28. The summed E-state index contributed by atoms with van der Waals surface area (Å²) in [6.45, 7) is 1.64. The summed E-state index contributed by atoms with van der Waals surface area (Å²) in [5.41, 5.74) is 2.07. The molecule has 0 rings (SSSR count). The maximum Gasteiger partial charge on any atom is 0.349 e. The third-order valence-corrected chi connectivity index (χ3v) is 2.35. The van der Waals surface area contributed by atoms with E-state index in [0.717, 1.165) is 6.34 Å². The Labute approximate surface area is 64.6 Å². The molecule has 0 aromatic heterocycles. The molecule has 0 spiro atoms. The molecular formula is C4H12N3O3P. The molecule has 0 heterocycles. The van der Waals surface area contributed by atoms with Gasteiger partial charge in [0.15, 0.2) is 5.78 Å². The van der Waals surface area contributed by atoms with Gasteiger partial charge in [0.05, 0.1) is 6.34 Å². The number of hydrogen-bond donors (Lipinski definition) is 4. The monoisotopic (exact) mass is 181 g/mol. The van der Waals surface area contributed by atoms with E-state index in [1.54, 1.807) is 6.92 Å². The molecule has 11 heavy (non-hydrogen) atoms. The van der Waals surface area contributed by atoms with Gasteiger partial charge in [-0.05, 0) is 6.42 Å². The molecule has 0 radical (unpaired) electrons. The van der Waals surface area contributed by atoms with Gasteiger partial charge in [-0.25, -0.2) is 5.84 Å². The zero-order valence-corrected chi connectivity index (χ0v) is 7.03. The Morgan fingerprint density at radius 3 is 2.64 bits per heavy atom. The van der Waals surface area contributed by atoms with Crippen LogP contribution < -0.4 is 11.3 Å². The molecule has 0 aliphatic heterocycles. The van der Waals surface area contributed by atoms with E-state index >= 15 is 0 Å². The van der Waals surface area contributed by atoms with Crippen LogP contribution in [0.4, 0.5) is 0 Å². The van der Waals surface area contributed by atoms with Crippen molar-refractivity contribution in [3.05, 3.63) is 0 Å². The van der Waals surface area contributed by atoms with Gasteiger partial charge in [0.2, 0.25) is 0 Å². The van der Waals surface area contributed by atoms with E-state index in [9.17, 15) is 4.57 Å². The van der Waals surface area contributed by atoms with Crippen LogP contribution in [0.5, 0.6) is 0 Å². The molecule has 0 aliphatic rings. The first-order valence-electron chi connectivity index (χ1n) is 3.05. The molecule has 7 heteroatoms. The van der Waals surface area contributed by atoms with Gasteiger partial charge in [-0.15, -0.1) is 0 Å². The average molecular weight is 181 g/mol. The number of hydrogen-bond acceptors (Lipinski definition) is 3. The lowest BCUT2D eigenvalue weighted by Crippen LogP contribution is -2.20. The standard InChI is InChI=1S/C4H12N3O3P/c1-2-4(6-3-7-5)11(8,9)10/h3-4H,2,5H2,1H3,(H,6,7)(H2,8,9,10). The second-order valence-electron chi connectivity index (χ2n) is 1.92. The number of rotatable bonds is 4. The summed E-state index contributed by atoms with van der Waals surface area (Å²) < 4.78 is 10.6. The molecule has 0 amide bonds. The minimum atomic E-state index is -4.10. The summed E-state index contributed by atoms with van der Waals surface area (Å²) in [6, 6.07) is 0. The maximum absolute atomic E-state index is 10.6. The van der Waals surface area contributed by atoms with Crippen molar-refractivity contribution in [2.75, 3.05) is 0 Å². The molecule has 0 aromatic rings. The normalized spacial score (nSPS) is 15.3. The zero-order valence-electron chi connectivity index (χ0n) is 6.14. The molecule has 0 aliphatic carbocycles. The predicted molar refractivity (Wildman–Crippen MR) is 41.9 cm³/mol. The van der Waals surface area contributed by atoms with E-state index in [0.29, 0.717) is 0 Å². The molecule has 0 saturated heterocycles. The highest BCUT2D eigenvalue weighted by Gasteiger charge is 2.25. The first kappa shape index (κ1) is 10.6. The molecule has 0 bridgehead atoms. The number of nitrogens with two attached hydrogens (primary N) is 1. The summed E-state index contributed by atoms with van der Waals surface area (Å²) in [4.78, 5) is 20.8. The molecule has 0 aromatic carbocycles. The summed E-state index contributed by atoms with van der Waals surface area (Å²) >= 11 is 0. The van der Waals surface area contributed by atoms with Crippen LogP contribution in [0.2, 0.25) is 0 Å². The smallest absolute Gasteiger partial charge is 0.323 e. The molecular weight excluding hydrogens is 169 g/mol. The second-order valence-corrected chi connectivity index (χ2v) is 3.70. The maximum atomic E-state index is 10.6.